The van der Waals surface area contributed by atoms with Crippen LogP contribution in [-0.2, 0) is 6.54 Å². The van der Waals surface area contributed by atoms with Crippen LogP contribution < -0.4 is 11.1 Å². The highest BCUT2D eigenvalue weighted by Gasteiger charge is 2.04. The molecular weight excluding hydrogens is 232 g/mol. The molecule has 0 bridgehead atoms. The zero-order valence-corrected chi connectivity index (χ0v) is 11.3. The van der Waals surface area contributed by atoms with Gasteiger partial charge in [0.2, 0.25) is 0 Å². The van der Waals surface area contributed by atoms with Gasteiger partial charge in [0.15, 0.2) is 0 Å². The van der Waals surface area contributed by atoms with Crippen molar-refractivity contribution in [2.24, 2.45) is 5.73 Å². The Morgan fingerprint density at radius 3 is 2.21 bits per heavy atom. The molecular formula is C17H22N2. The molecule has 2 heteroatoms. The number of benzene rings is 2. The first-order chi connectivity index (χ1) is 9.36. The minimum atomic E-state index is 0.153. The summed E-state index contributed by atoms with van der Waals surface area (Å²) in [6, 6.07) is 20.9. The van der Waals surface area contributed by atoms with E-state index >= 15 is 0 Å². The molecule has 3 N–H and O–H groups in total. The largest absolute Gasteiger partial charge is 0.324 e. The Kier molecular flexibility index (Phi) is 5.60. The Morgan fingerprint density at radius 2 is 1.53 bits per heavy atom. The normalized spacial score (nSPS) is 12.3. The quantitative estimate of drug-likeness (QED) is 0.744. The average Bonchev–Trinajstić information content (AvgIpc) is 2.49. The maximum absolute atomic E-state index is 6.16. The maximum Gasteiger partial charge on any atom is 0.0295 e. The zero-order chi connectivity index (χ0) is 13.3. The van der Waals surface area contributed by atoms with Gasteiger partial charge < -0.3 is 11.1 Å². The lowest BCUT2D eigenvalue weighted by molar-refractivity contribution is 0.566. The Balaban J connectivity index is 1.62. The minimum absolute atomic E-state index is 0.153. The SMILES string of the molecule is NC(CCCNCc1ccccc1)c1ccccc1. The predicted octanol–water partition coefficient (Wildman–Crippen LogP) is 3.26. The predicted molar refractivity (Wildman–Crippen MR) is 80.8 cm³/mol. The van der Waals surface area contributed by atoms with Crippen LogP contribution in [0.3, 0.4) is 0 Å². The highest BCUT2D eigenvalue weighted by Crippen LogP contribution is 2.14. The van der Waals surface area contributed by atoms with E-state index in [-0.39, 0.29) is 6.04 Å². The van der Waals surface area contributed by atoms with E-state index in [0.29, 0.717) is 0 Å². The van der Waals surface area contributed by atoms with Crippen molar-refractivity contribution in [3.05, 3.63) is 71.8 Å². The monoisotopic (exact) mass is 254 g/mol. The van der Waals surface area contributed by atoms with Crippen LogP contribution in [0.4, 0.5) is 0 Å². The van der Waals surface area contributed by atoms with Crippen molar-refractivity contribution in [3.63, 3.8) is 0 Å². The fraction of sp³-hybridized carbons (Fsp3) is 0.294. The van der Waals surface area contributed by atoms with E-state index in [9.17, 15) is 0 Å². The third kappa shape index (κ3) is 4.86. The molecule has 19 heavy (non-hydrogen) atoms. The lowest BCUT2D eigenvalue weighted by Crippen LogP contribution is -2.17. The second kappa shape index (κ2) is 7.72. The summed E-state index contributed by atoms with van der Waals surface area (Å²) in [5, 5.41) is 3.45. The zero-order valence-electron chi connectivity index (χ0n) is 11.3. The van der Waals surface area contributed by atoms with Gasteiger partial charge in [-0.05, 0) is 30.5 Å². The van der Waals surface area contributed by atoms with Crippen LogP contribution in [0, 0.1) is 0 Å². The summed E-state index contributed by atoms with van der Waals surface area (Å²) in [6.45, 7) is 1.94. The number of hydrogen-bond donors (Lipinski definition) is 2. The van der Waals surface area contributed by atoms with Crippen molar-refractivity contribution in [2.45, 2.75) is 25.4 Å². The van der Waals surface area contributed by atoms with E-state index in [1.165, 1.54) is 11.1 Å². The van der Waals surface area contributed by atoms with Gasteiger partial charge in [-0.25, -0.2) is 0 Å². The molecule has 0 aromatic heterocycles. The lowest BCUT2D eigenvalue weighted by atomic mass is 10.0. The molecule has 100 valence electrons. The molecule has 0 aliphatic heterocycles. The van der Waals surface area contributed by atoms with Crippen LogP contribution in [0.1, 0.15) is 30.0 Å². The van der Waals surface area contributed by atoms with Crippen molar-refractivity contribution >= 4 is 0 Å². The second-order valence-corrected chi connectivity index (χ2v) is 4.82. The smallest absolute Gasteiger partial charge is 0.0295 e. The summed E-state index contributed by atoms with van der Waals surface area (Å²) < 4.78 is 0. The van der Waals surface area contributed by atoms with Crippen LogP contribution in [0.15, 0.2) is 60.7 Å². The summed E-state index contributed by atoms with van der Waals surface area (Å²) in [5.74, 6) is 0. The molecule has 2 nitrogen and oxygen atoms in total. The Hall–Kier alpha value is -1.64. The lowest BCUT2D eigenvalue weighted by Gasteiger charge is -2.12. The van der Waals surface area contributed by atoms with E-state index in [1.54, 1.807) is 0 Å². The standard InChI is InChI=1S/C17H22N2/c18-17(16-10-5-2-6-11-16)12-7-13-19-14-15-8-3-1-4-9-15/h1-6,8-11,17,19H,7,12-14,18H2. The molecule has 2 aromatic carbocycles. The number of nitrogens with one attached hydrogen (secondary N) is 1. The molecule has 2 aromatic rings. The molecule has 1 atom stereocenters. The molecule has 0 spiro atoms. The van der Waals surface area contributed by atoms with Crippen LogP contribution in [0.25, 0.3) is 0 Å². The summed E-state index contributed by atoms with van der Waals surface area (Å²) in [5.41, 5.74) is 8.72. The van der Waals surface area contributed by atoms with Gasteiger partial charge in [-0.1, -0.05) is 60.7 Å². The van der Waals surface area contributed by atoms with Crippen LogP contribution in [0.5, 0.6) is 0 Å². The molecule has 0 aliphatic carbocycles. The molecule has 0 amide bonds. The second-order valence-electron chi connectivity index (χ2n) is 4.82. The van der Waals surface area contributed by atoms with Gasteiger partial charge in [-0.15, -0.1) is 0 Å². The summed E-state index contributed by atoms with van der Waals surface area (Å²) in [4.78, 5) is 0. The molecule has 0 heterocycles. The molecule has 2 rings (SSSR count). The van der Waals surface area contributed by atoms with E-state index < -0.39 is 0 Å². The third-order valence-electron chi connectivity index (χ3n) is 3.27. The van der Waals surface area contributed by atoms with Gasteiger partial charge in [-0.3, -0.25) is 0 Å². The first-order valence-electron chi connectivity index (χ1n) is 6.91. The van der Waals surface area contributed by atoms with Gasteiger partial charge >= 0.3 is 0 Å². The maximum atomic E-state index is 6.16. The highest BCUT2D eigenvalue weighted by atomic mass is 14.8. The van der Waals surface area contributed by atoms with Crippen molar-refractivity contribution in [1.29, 1.82) is 0 Å². The van der Waals surface area contributed by atoms with Gasteiger partial charge in [0.05, 0.1) is 0 Å². The number of hydrogen-bond acceptors (Lipinski definition) is 2. The van der Waals surface area contributed by atoms with Crippen molar-refractivity contribution in [3.8, 4) is 0 Å². The molecule has 0 saturated carbocycles. The van der Waals surface area contributed by atoms with E-state index in [2.05, 4.69) is 41.7 Å². The minimum Gasteiger partial charge on any atom is -0.324 e. The Labute approximate surface area is 115 Å². The van der Waals surface area contributed by atoms with Crippen LogP contribution in [-0.4, -0.2) is 6.54 Å². The first kappa shape index (κ1) is 13.8. The van der Waals surface area contributed by atoms with Crippen molar-refractivity contribution in [2.75, 3.05) is 6.54 Å². The summed E-state index contributed by atoms with van der Waals surface area (Å²) >= 11 is 0. The van der Waals surface area contributed by atoms with Gasteiger partial charge in [0.1, 0.15) is 0 Å². The molecule has 0 saturated heterocycles. The topological polar surface area (TPSA) is 38.0 Å². The van der Waals surface area contributed by atoms with Crippen molar-refractivity contribution in [1.82, 2.24) is 5.32 Å². The molecule has 0 fully saturated rings. The van der Waals surface area contributed by atoms with Crippen LogP contribution in [0.2, 0.25) is 0 Å². The Bertz CT molecular complexity index is 453. The molecule has 0 aliphatic rings. The number of nitrogens with two attached hydrogens (primary N) is 1. The average molecular weight is 254 g/mol. The number of rotatable bonds is 7. The van der Waals surface area contributed by atoms with Crippen LogP contribution >= 0.6 is 0 Å². The molecule has 1 unspecified atom stereocenters. The third-order valence-corrected chi connectivity index (χ3v) is 3.27. The molecule has 0 radical (unpaired) electrons. The van der Waals surface area contributed by atoms with Gasteiger partial charge in [-0.2, -0.15) is 0 Å². The fourth-order valence-corrected chi connectivity index (χ4v) is 2.14. The van der Waals surface area contributed by atoms with E-state index in [0.717, 1.165) is 25.9 Å². The summed E-state index contributed by atoms with van der Waals surface area (Å²) in [7, 11) is 0. The van der Waals surface area contributed by atoms with Crippen molar-refractivity contribution < 1.29 is 0 Å². The summed E-state index contributed by atoms with van der Waals surface area (Å²) in [6.07, 6.45) is 2.12. The van der Waals surface area contributed by atoms with E-state index in [4.69, 9.17) is 5.73 Å². The first-order valence-corrected chi connectivity index (χ1v) is 6.91. The van der Waals surface area contributed by atoms with Gasteiger partial charge in [0.25, 0.3) is 0 Å². The van der Waals surface area contributed by atoms with Gasteiger partial charge in [0, 0.05) is 12.6 Å². The Morgan fingerprint density at radius 1 is 0.895 bits per heavy atom. The fourth-order valence-electron chi connectivity index (χ4n) is 2.14. The highest BCUT2D eigenvalue weighted by molar-refractivity contribution is 5.18. The van der Waals surface area contributed by atoms with E-state index in [1.807, 2.05) is 24.3 Å².